The van der Waals surface area contributed by atoms with Crippen LogP contribution in [0.4, 0.5) is 0 Å². The average Bonchev–Trinajstić information content (AvgIpc) is 3.58. The van der Waals surface area contributed by atoms with Gasteiger partial charge in [-0.1, -0.05) is 47.1 Å². The van der Waals surface area contributed by atoms with Crippen molar-refractivity contribution in [2.24, 2.45) is 11.3 Å². The lowest BCUT2D eigenvalue weighted by Crippen LogP contribution is -2.60. The first-order valence-corrected chi connectivity index (χ1v) is 15.8. The summed E-state index contributed by atoms with van der Waals surface area (Å²) in [5.41, 5.74) is 0.0205. The van der Waals surface area contributed by atoms with E-state index in [1.165, 1.54) is 0 Å². The highest BCUT2D eigenvalue weighted by Gasteiger charge is 2.41. The minimum absolute atomic E-state index is 0.0327. The number of carbonyl (C=O) groups excluding carboxylic acids is 4. The molecule has 2 N–H and O–H groups in total. The molecule has 2 aliphatic heterocycles. The van der Waals surface area contributed by atoms with Gasteiger partial charge in [0, 0.05) is 31.2 Å². The number of likely N-dealkylation sites (N-methyl/N-ethyl adjacent to an activating group) is 1. The fourth-order valence-corrected chi connectivity index (χ4v) is 6.20. The summed E-state index contributed by atoms with van der Waals surface area (Å²) in [5.74, 6) is -0.443. The maximum Gasteiger partial charge on any atom is 0.249 e. The summed E-state index contributed by atoms with van der Waals surface area (Å²) in [7, 11) is 1.76. The van der Waals surface area contributed by atoms with Crippen LogP contribution in [0.3, 0.4) is 0 Å². The van der Waals surface area contributed by atoms with Gasteiger partial charge in [-0.15, -0.1) is 0 Å². The van der Waals surface area contributed by atoms with Gasteiger partial charge in [-0.25, -0.2) is 0 Å². The van der Waals surface area contributed by atoms with E-state index in [1.807, 2.05) is 40.7 Å². The van der Waals surface area contributed by atoms with Gasteiger partial charge in [0.2, 0.25) is 23.6 Å². The number of piperidine rings is 1. The number of carbonyl (C=O) groups is 4. The van der Waals surface area contributed by atoms with Crippen LogP contribution in [-0.4, -0.2) is 94.7 Å². The first-order valence-electron chi connectivity index (χ1n) is 15.8. The summed E-state index contributed by atoms with van der Waals surface area (Å²) in [4.78, 5) is 59.5. The van der Waals surface area contributed by atoms with Gasteiger partial charge in [0.05, 0.1) is 12.1 Å². The predicted octanol–water partition coefficient (Wildman–Crippen LogP) is 3.48. The van der Waals surface area contributed by atoms with Gasteiger partial charge < -0.3 is 20.4 Å². The monoisotopic (exact) mass is 573 g/mol. The number of nitrogens with zero attached hydrogens (tertiary/aromatic N) is 3. The summed E-state index contributed by atoms with van der Waals surface area (Å²) >= 11 is 0. The molecule has 3 rings (SSSR count). The van der Waals surface area contributed by atoms with Crippen LogP contribution in [0.1, 0.15) is 100 Å². The summed E-state index contributed by atoms with van der Waals surface area (Å²) < 4.78 is 0. The van der Waals surface area contributed by atoms with Crippen LogP contribution < -0.4 is 10.6 Å². The Hall–Kier alpha value is -2.42. The van der Waals surface area contributed by atoms with E-state index in [-0.39, 0.29) is 53.7 Å². The van der Waals surface area contributed by atoms with E-state index in [4.69, 9.17) is 0 Å². The lowest BCUT2D eigenvalue weighted by molar-refractivity contribution is -0.142. The third-order valence-corrected chi connectivity index (χ3v) is 8.89. The maximum absolute atomic E-state index is 14.0. The third-order valence-electron chi connectivity index (χ3n) is 8.89. The highest BCUT2D eigenvalue weighted by atomic mass is 16.2. The molecule has 3 fully saturated rings. The van der Waals surface area contributed by atoms with E-state index in [1.54, 1.807) is 23.8 Å². The molecule has 4 atom stereocenters. The second kappa shape index (κ2) is 13.7. The summed E-state index contributed by atoms with van der Waals surface area (Å²) in [6, 6.07) is -1.23. The van der Waals surface area contributed by atoms with Gasteiger partial charge in [-0.3, -0.25) is 24.1 Å². The predicted molar refractivity (Wildman–Crippen MR) is 162 cm³/mol. The number of nitrogens with one attached hydrogen (secondary N) is 2. The Balaban J connectivity index is 1.77. The molecule has 4 amide bonds. The molecule has 3 aliphatic rings. The zero-order valence-electron chi connectivity index (χ0n) is 27.0. The Morgan fingerprint density at radius 2 is 1.51 bits per heavy atom. The van der Waals surface area contributed by atoms with Crippen LogP contribution in [0.2, 0.25) is 0 Å². The number of likely N-dealkylation sites (tertiary alicyclic amines) is 2. The van der Waals surface area contributed by atoms with Crippen molar-refractivity contribution in [1.82, 2.24) is 25.3 Å². The number of hydrogen-bond acceptors (Lipinski definition) is 5. The maximum atomic E-state index is 14.0. The van der Waals surface area contributed by atoms with E-state index < -0.39 is 17.5 Å². The Kier molecular flexibility index (Phi) is 11.1. The van der Waals surface area contributed by atoms with Crippen LogP contribution in [0.15, 0.2) is 11.6 Å². The van der Waals surface area contributed by atoms with Crippen molar-refractivity contribution in [2.45, 2.75) is 137 Å². The molecule has 1 unspecified atom stereocenters. The molecule has 41 heavy (non-hydrogen) atoms. The van der Waals surface area contributed by atoms with Crippen molar-refractivity contribution in [1.29, 1.82) is 0 Å². The smallest absolute Gasteiger partial charge is 0.249 e. The first kappa shape index (κ1) is 33.1. The molecule has 1 saturated carbocycles. The third kappa shape index (κ3) is 8.33. The van der Waals surface area contributed by atoms with Crippen LogP contribution in [0.25, 0.3) is 0 Å². The van der Waals surface area contributed by atoms with Crippen molar-refractivity contribution in [3.05, 3.63) is 11.6 Å². The van der Waals surface area contributed by atoms with E-state index in [2.05, 4.69) is 29.4 Å². The highest BCUT2D eigenvalue weighted by Crippen LogP contribution is 2.27. The molecule has 0 bridgehead atoms. The Morgan fingerprint density at radius 1 is 0.878 bits per heavy atom. The zero-order chi connectivity index (χ0) is 30.6. The van der Waals surface area contributed by atoms with Crippen molar-refractivity contribution < 1.29 is 19.2 Å². The average molecular weight is 574 g/mol. The molecule has 0 radical (unpaired) electrons. The SMILES string of the molecule is CC(=C[C@H](C(C)C)N(C)C(=O)[C@@H](NC(=O)C1CCCCN1C(C)C)C(C)(C)C)C(=O)N1CCC[C@H]1C(=O)NC1CC1. The normalized spacial score (nSPS) is 23.9. The fourth-order valence-electron chi connectivity index (χ4n) is 6.20. The van der Waals surface area contributed by atoms with Crippen molar-refractivity contribution in [2.75, 3.05) is 20.1 Å². The van der Waals surface area contributed by atoms with E-state index in [0.29, 0.717) is 18.5 Å². The Morgan fingerprint density at radius 3 is 2.07 bits per heavy atom. The molecule has 232 valence electrons. The topological polar surface area (TPSA) is 102 Å². The Bertz CT molecular complexity index is 997. The molecule has 2 saturated heterocycles. The fraction of sp³-hybridized carbons (Fsp3) is 0.812. The van der Waals surface area contributed by atoms with Gasteiger partial charge in [0.25, 0.3) is 0 Å². The largest absolute Gasteiger partial charge is 0.352 e. The second-order valence-electron chi connectivity index (χ2n) is 14.1. The van der Waals surface area contributed by atoms with Crippen LogP contribution in [-0.2, 0) is 19.2 Å². The minimum Gasteiger partial charge on any atom is -0.352 e. The molecule has 0 aromatic carbocycles. The summed E-state index contributed by atoms with van der Waals surface area (Å²) in [6.45, 7) is 17.4. The quantitative estimate of drug-likeness (QED) is 0.390. The molecule has 9 nitrogen and oxygen atoms in total. The zero-order valence-corrected chi connectivity index (χ0v) is 27.0. The standard InChI is InChI=1S/C32H55N5O4/c1-20(2)26(19-22(5)30(40)37-18-12-14-25(37)28(38)33-23-15-16-23)35(9)31(41)27(32(6,7)8)34-29(39)24-13-10-11-17-36(24)21(3)4/h19-21,23-27H,10-18H2,1-9H3,(H,33,38)(H,34,39)/t24?,25-,26+,27+/m0/s1. The summed E-state index contributed by atoms with van der Waals surface area (Å²) in [6.07, 6.45) is 8.23. The Labute approximate surface area is 247 Å². The number of rotatable bonds is 10. The lowest BCUT2D eigenvalue weighted by atomic mass is 9.84. The van der Waals surface area contributed by atoms with E-state index in [0.717, 1.165) is 45.1 Å². The molecular weight excluding hydrogens is 518 g/mol. The van der Waals surface area contributed by atoms with Crippen LogP contribution in [0, 0.1) is 11.3 Å². The molecule has 0 spiro atoms. The molecule has 2 heterocycles. The summed E-state index contributed by atoms with van der Waals surface area (Å²) in [5, 5.41) is 6.18. The lowest BCUT2D eigenvalue weighted by Gasteiger charge is -2.41. The van der Waals surface area contributed by atoms with Gasteiger partial charge >= 0.3 is 0 Å². The second-order valence-corrected chi connectivity index (χ2v) is 14.1. The molecule has 0 aromatic heterocycles. The number of hydrogen-bond donors (Lipinski definition) is 2. The van der Waals surface area contributed by atoms with Crippen molar-refractivity contribution in [3.63, 3.8) is 0 Å². The van der Waals surface area contributed by atoms with Gasteiger partial charge in [-0.2, -0.15) is 0 Å². The molecule has 1 aliphatic carbocycles. The highest BCUT2D eigenvalue weighted by molar-refractivity contribution is 5.97. The number of amides is 4. The van der Waals surface area contributed by atoms with E-state index >= 15 is 0 Å². The van der Waals surface area contributed by atoms with Gasteiger partial charge in [0.1, 0.15) is 12.1 Å². The van der Waals surface area contributed by atoms with Crippen molar-refractivity contribution >= 4 is 23.6 Å². The van der Waals surface area contributed by atoms with E-state index in [9.17, 15) is 19.2 Å². The van der Waals surface area contributed by atoms with Crippen LogP contribution >= 0.6 is 0 Å². The molecule has 0 aromatic rings. The minimum atomic E-state index is -0.712. The van der Waals surface area contributed by atoms with Gasteiger partial charge in [0.15, 0.2) is 0 Å². The van der Waals surface area contributed by atoms with Gasteiger partial charge in [-0.05, 0) is 77.2 Å². The van der Waals surface area contributed by atoms with Crippen LogP contribution in [0.5, 0.6) is 0 Å². The molecular formula is C32H55N5O4. The first-order chi connectivity index (χ1) is 19.1. The molecule has 9 heteroatoms. The van der Waals surface area contributed by atoms with Crippen molar-refractivity contribution in [3.8, 4) is 0 Å².